The standard InChI is InChI=1S/C14H10ClF3N4O3S/c15-9-3-1-2-4-11(9)26(24,25)21-13(23)12-10(7-19)22(8-20-12)6-5-14(16,17)18/h1-4,8H,5-6H2,(H,21,23). The van der Waals surface area contributed by atoms with Gasteiger partial charge in [0.25, 0.3) is 15.9 Å². The molecule has 0 radical (unpaired) electrons. The smallest absolute Gasteiger partial charge is 0.321 e. The Hall–Kier alpha value is -2.58. The zero-order valence-electron chi connectivity index (χ0n) is 12.8. The van der Waals surface area contributed by atoms with Crippen LogP contribution >= 0.6 is 11.6 Å². The second-order valence-corrected chi connectivity index (χ2v) is 7.04. The average Bonchev–Trinajstić information content (AvgIpc) is 2.95. The molecule has 0 aliphatic heterocycles. The second kappa shape index (κ2) is 7.35. The molecule has 2 aromatic rings. The third-order valence-corrected chi connectivity index (χ3v) is 4.98. The van der Waals surface area contributed by atoms with Gasteiger partial charge in [-0.2, -0.15) is 18.4 Å². The Balaban J connectivity index is 2.27. The lowest BCUT2D eigenvalue weighted by molar-refractivity contribution is -0.136. The van der Waals surface area contributed by atoms with Crippen LogP contribution in [-0.2, 0) is 16.6 Å². The van der Waals surface area contributed by atoms with Gasteiger partial charge in [-0.25, -0.2) is 18.1 Å². The Morgan fingerprint density at radius 2 is 2.00 bits per heavy atom. The molecule has 1 aromatic heterocycles. The van der Waals surface area contributed by atoms with E-state index in [4.69, 9.17) is 16.9 Å². The summed E-state index contributed by atoms with van der Waals surface area (Å²) in [5.74, 6) is -1.26. The highest BCUT2D eigenvalue weighted by atomic mass is 35.5. The lowest BCUT2D eigenvalue weighted by atomic mass is 10.3. The zero-order valence-corrected chi connectivity index (χ0v) is 14.4. The van der Waals surface area contributed by atoms with Crippen LogP contribution < -0.4 is 4.72 Å². The summed E-state index contributed by atoms with van der Waals surface area (Å²) in [7, 11) is -4.36. The number of aromatic nitrogens is 2. The van der Waals surface area contributed by atoms with Crippen molar-refractivity contribution in [2.75, 3.05) is 0 Å². The predicted molar refractivity (Wildman–Crippen MR) is 83.7 cm³/mol. The Bertz CT molecular complexity index is 980. The van der Waals surface area contributed by atoms with Crippen LogP contribution in [0.5, 0.6) is 0 Å². The van der Waals surface area contributed by atoms with E-state index in [1.807, 2.05) is 0 Å². The van der Waals surface area contributed by atoms with Gasteiger partial charge < -0.3 is 4.57 Å². The predicted octanol–water partition coefficient (Wildman–Crippen LogP) is 2.48. The van der Waals surface area contributed by atoms with Crippen molar-refractivity contribution in [3.8, 4) is 6.07 Å². The van der Waals surface area contributed by atoms with Crippen molar-refractivity contribution in [3.63, 3.8) is 0 Å². The highest BCUT2D eigenvalue weighted by Gasteiger charge is 2.29. The minimum Gasteiger partial charge on any atom is -0.321 e. The summed E-state index contributed by atoms with van der Waals surface area (Å²) in [6.45, 7) is -0.635. The van der Waals surface area contributed by atoms with Crippen molar-refractivity contribution < 1.29 is 26.4 Å². The molecular weight excluding hydrogens is 397 g/mol. The van der Waals surface area contributed by atoms with Crippen LogP contribution in [0.1, 0.15) is 22.6 Å². The summed E-state index contributed by atoms with van der Waals surface area (Å²) < 4.78 is 63.9. The molecular formula is C14H10ClF3N4O3S. The van der Waals surface area contributed by atoms with Gasteiger partial charge >= 0.3 is 6.18 Å². The molecule has 0 aliphatic carbocycles. The number of alkyl halides is 3. The first kappa shape index (κ1) is 19.7. The SMILES string of the molecule is N#Cc1c(C(=O)NS(=O)(=O)c2ccccc2Cl)ncn1CCC(F)(F)F. The molecule has 26 heavy (non-hydrogen) atoms. The Kier molecular flexibility index (Phi) is 5.58. The summed E-state index contributed by atoms with van der Waals surface area (Å²) in [4.78, 5) is 15.3. The number of nitrogens with zero attached hydrogens (tertiary/aromatic N) is 3. The molecule has 0 spiro atoms. The van der Waals surface area contributed by atoms with Gasteiger partial charge in [0, 0.05) is 6.54 Å². The number of halogens is 4. The maximum absolute atomic E-state index is 12.3. The number of carbonyl (C=O) groups is 1. The van der Waals surface area contributed by atoms with Crippen LogP contribution in [0, 0.1) is 11.3 Å². The molecule has 12 heteroatoms. The number of hydrogen-bond donors (Lipinski definition) is 1. The first-order valence-electron chi connectivity index (χ1n) is 6.89. The summed E-state index contributed by atoms with van der Waals surface area (Å²) in [5, 5.41) is 8.95. The molecule has 0 fully saturated rings. The van der Waals surface area contributed by atoms with Crippen molar-refractivity contribution in [1.29, 1.82) is 5.26 Å². The first-order valence-corrected chi connectivity index (χ1v) is 8.75. The Labute approximate surface area is 151 Å². The normalized spacial score (nSPS) is 11.8. The number of hydrogen-bond acceptors (Lipinski definition) is 5. The van der Waals surface area contributed by atoms with E-state index in [0.29, 0.717) is 0 Å². The molecule has 0 saturated heterocycles. The number of carbonyl (C=O) groups excluding carboxylic acids is 1. The molecule has 1 amide bonds. The van der Waals surface area contributed by atoms with Crippen molar-refractivity contribution in [1.82, 2.24) is 14.3 Å². The van der Waals surface area contributed by atoms with E-state index in [1.165, 1.54) is 18.2 Å². The lowest BCUT2D eigenvalue weighted by Crippen LogP contribution is -2.31. The average molecular weight is 407 g/mol. The molecule has 0 atom stereocenters. The molecule has 138 valence electrons. The Morgan fingerprint density at radius 1 is 1.35 bits per heavy atom. The van der Waals surface area contributed by atoms with Gasteiger partial charge in [0.2, 0.25) is 0 Å². The van der Waals surface area contributed by atoms with Gasteiger partial charge in [-0.05, 0) is 12.1 Å². The number of imidazole rings is 1. The van der Waals surface area contributed by atoms with Crippen molar-refractivity contribution in [2.45, 2.75) is 24.0 Å². The van der Waals surface area contributed by atoms with Crippen LogP contribution in [0.3, 0.4) is 0 Å². The molecule has 1 N–H and O–H groups in total. The minimum atomic E-state index is -4.47. The minimum absolute atomic E-state index is 0.135. The van der Waals surface area contributed by atoms with Crippen LogP contribution in [0.25, 0.3) is 0 Å². The summed E-state index contributed by atoms with van der Waals surface area (Å²) in [6, 6.07) is 6.88. The van der Waals surface area contributed by atoms with Crippen LogP contribution in [0.15, 0.2) is 35.5 Å². The molecule has 0 aliphatic rings. The van der Waals surface area contributed by atoms with E-state index in [2.05, 4.69) is 4.98 Å². The second-order valence-electron chi connectivity index (χ2n) is 4.98. The van der Waals surface area contributed by atoms with Crippen molar-refractivity contribution in [3.05, 3.63) is 47.0 Å². The molecule has 1 heterocycles. The third-order valence-electron chi connectivity index (χ3n) is 3.15. The number of nitrogens with one attached hydrogen (secondary N) is 1. The number of amides is 1. The number of benzene rings is 1. The number of rotatable bonds is 5. The van der Waals surface area contributed by atoms with E-state index in [9.17, 15) is 26.4 Å². The van der Waals surface area contributed by atoms with Crippen molar-refractivity contribution >= 4 is 27.5 Å². The van der Waals surface area contributed by atoms with Gasteiger partial charge in [0.15, 0.2) is 11.4 Å². The number of nitriles is 1. The fourth-order valence-corrected chi connectivity index (χ4v) is 3.44. The van der Waals surface area contributed by atoms with Crippen LogP contribution in [0.4, 0.5) is 13.2 Å². The Morgan fingerprint density at radius 3 is 2.58 bits per heavy atom. The highest BCUT2D eigenvalue weighted by Crippen LogP contribution is 2.22. The lowest BCUT2D eigenvalue weighted by Gasteiger charge is -2.08. The number of aryl methyl sites for hydroxylation is 1. The molecule has 0 unspecified atom stereocenters. The fourth-order valence-electron chi connectivity index (χ4n) is 1.97. The van der Waals surface area contributed by atoms with Gasteiger partial charge in [-0.15, -0.1) is 0 Å². The van der Waals surface area contributed by atoms with Crippen LogP contribution in [-0.4, -0.2) is 30.1 Å². The van der Waals surface area contributed by atoms with E-state index in [0.717, 1.165) is 17.0 Å². The van der Waals surface area contributed by atoms with Gasteiger partial charge in [0.05, 0.1) is 17.8 Å². The third kappa shape index (κ3) is 4.53. The number of sulfonamides is 1. The van der Waals surface area contributed by atoms with Crippen molar-refractivity contribution in [2.24, 2.45) is 0 Å². The van der Waals surface area contributed by atoms with Gasteiger partial charge in [-0.1, -0.05) is 23.7 Å². The summed E-state index contributed by atoms with van der Waals surface area (Å²) in [5.41, 5.74) is -1.09. The monoisotopic (exact) mass is 406 g/mol. The van der Waals surface area contributed by atoms with Gasteiger partial charge in [-0.3, -0.25) is 4.79 Å². The van der Waals surface area contributed by atoms with E-state index < -0.39 is 46.5 Å². The zero-order chi connectivity index (χ0) is 19.5. The van der Waals surface area contributed by atoms with E-state index >= 15 is 0 Å². The van der Waals surface area contributed by atoms with E-state index in [1.54, 1.807) is 10.8 Å². The quantitative estimate of drug-likeness (QED) is 0.821. The van der Waals surface area contributed by atoms with E-state index in [-0.39, 0.29) is 9.92 Å². The fraction of sp³-hybridized carbons (Fsp3) is 0.214. The maximum Gasteiger partial charge on any atom is 0.390 e. The summed E-state index contributed by atoms with van der Waals surface area (Å²) >= 11 is 5.78. The molecule has 0 saturated carbocycles. The molecule has 0 bridgehead atoms. The summed E-state index contributed by atoms with van der Waals surface area (Å²) in [6.07, 6.45) is -4.84. The first-order chi connectivity index (χ1) is 12.0. The molecule has 1 aromatic carbocycles. The molecule has 7 nitrogen and oxygen atoms in total. The molecule has 2 rings (SSSR count). The van der Waals surface area contributed by atoms with Gasteiger partial charge in [0.1, 0.15) is 11.0 Å². The van der Waals surface area contributed by atoms with Crippen LogP contribution in [0.2, 0.25) is 5.02 Å². The maximum atomic E-state index is 12.3. The topological polar surface area (TPSA) is 105 Å². The largest absolute Gasteiger partial charge is 0.390 e. The highest BCUT2D eigenvalue weighted by molar-refractivity contribution is 7.90.